The molecule has 5 heteroatoms. The number of hydrogen-bond acceptors (Lipinski definition) is 3. The second-order valence-electron chi connectivity index (χ2n) is 5.43. The molecule has 0 aliphatic carbocycles. The van der Waals surface area contributed by atoms with Gasteiger partial charge in [-0.25, -0.2) is 0 Å². The molecule has 3 N–H and O–H groups in total. The Bertz CT molecular complexity index is 455. The Labute approximate surface area is 125 Å². The summed E-state index contributed by atoms with van der Waals surface area (Å²) in [6.45, 7) is 4.20. The lowest BCUT2D eigenvalue weighted by molar-refractivity contribution is -0.124. The lowest BCUT2D eigenvalue weighted by Gasteiger charge is -2.08. The maximum Gasteiger partial charge on any atom is 0.243 e. The number of nitrogens with one attached hydrogen (secondary N) is 2. The molecule has 21 heavy (non-hydrogen) atoms. The first-order chi connectivity index (χ1) is 10.0. The van der Waals surface area contributed by atoms with Gasteiger partial charge in [-0.05, 0) is 36.5 Å². The van der Waals surface area contributed by atoms with Gasteiger partial charge in [-0.15, -0.1) is 0 Å². The molecule has 0 spiro atoms. The molecule has 0 aliphatic heterocycles. The van der Waals surface area contributed by atoms with Crippen LogP contribution in [0.2, 0.25) is 0 Å². The molecule has 0 heterocycles. The fourth-order valence-corrected chi connectivity index (χ4v) is 1.78. The number of aliphatic hydroxyl groups is 1. The Morgan fingerprint density at radius 3 is 2.38 bits per heavy atom. The van der Waals surface area contributed by atoms with Gasteiger partial charge in [0.1, 0.15) is 0 Å². The third-order valence-corrected chi connectivity index (χ3v) is 3.03. The summed E-state index contributed by atoms with van der Waals surface area (Å²) in [4.78, 5) is 23.2. The summed E-state index contributed by atoms with van der Waals surface area (Å²) in [7, 11) is 0. The number of anilines is 1. The molecule has 0 aromatic heterocycles. The second kappa shape index (κ2) is 9.13. The van der Waals surface area contributed by atoms with Gasteiger partial charge >= 0.3 is 0 Å². The zero-order valence-electron chi connectivity index (χ0n) is 12.7. The third-order valence-electron chi connectivity index (χ3n) is 3.03. The number of benzene rings is 1. The van der Waals surface area contributed by atoms with Crippen LogP contribution in [0.1, 0.15) is 32.3 Å². The highest BCUT2D eigenvalue weighted by atomic mass is 16.3. The molecule has 2 amide bonds. The smallest absolute Gasteiger partial charge is 0.243 e. The van der Waals surface area contributed by atoms with Gasteiger partial charge in [0.25, 0.3) is 0 Å². The molecule has 0 fully saturated rings. The zero-order valence-corrected chi connectivity index (χ0v) is 12.7. The van der Waals surface area contributed by atoms with E-state index in [1.165, 1.54) is 0 Å². The van der Waals surface area contributed by atoms with Gasteiger partial charge in [-0.3, -0.25) is 9.59 Å². The van der Waals surface area contributed by atoms with Crippen LogP contribution in [0.3, 0.4) is 0 Å². The second-order valence-corrected chi connectivity index (χ2v) is 5.43. The summed E-state index contributed by atoms with van der Waals surface area (Å²) in [6.07, 6.45) is 1.86. The molecule has 0 unspecified atom stereocenters. The first-order valence-corrected chi connectivity index (χ1v) is 7.27. The van der Waals surface area contributed by atoms with E-state index in [1.54, 1.807) is 12.1 Å². The average molecular weight is 292 g/mol. The number of aliphatic hydroxyl groups excluding tert-OH is 1. The number of carbonyl (C=O) groups excluding carboxylic acids is 2. The Morgan fingerprint density at radius 2 is 1.81 bits per heavy atom. The fraction of sp³-hybridized carbons (Fsp3) is 0.500. The van der Waals surface area contributed by atoms with Crippen LogP contribution >= 0.6 is 0 Å². The molecule has 0 bridgehead atoms. The molecule has 1 aromatic rings. The van der Waals surface area contributed by atoms with E-state index in [4.69, 9.17) is 5.11 Å². The maximum atomic E-state index is 11.7. The molecule has 0 saturated heterocycles. The van der Waals surface area contributed by atoms with Crippen molar-refractivity contribution in [3.8, 4) is 0 Å². The largest absolute Gasteiger partial charge is 0.396 e. The summed E-state index contributed by atoms with van der Waals surface area (Å²) in [5.41, 5.74) is 1.69. The number of amides is 2. The molecular formula is C16H24N2O3. The molecule has 0 atom stereocenters. The Hall–Kier alpha value is -1.88. The number of hydrogen-bond donors (Lipinski definition) is 3. The van der Waals surface area contributed by atoms with E-state index in [0.717, 1.165) is 12.0 Å². The number of carbonyl (C=O) groups is 2. The predicted octanol–water partition coefficient (Wildman–Crippen LogP) is 1.71. The minimum atomic E-state index is -0.247. The van der Waals surface area contributed by atoms with Crippen molar-refractivity contribution < 1.29 is 14.7 Å². The van der Waals surface area contributed by atoms with Crippen molar-refractivity contribution >= 4 is 17.5 Å². The van der Waals surface area contributed by atoms with Gasteiger partial charge in [0, 0.05) is 18.7 Å². The van der Waals surface area contributed by atoms with Crippen molar-refractivity contribution in [1.82, 2.24) is 5.32 Å². The van der Waals surface area contributed by atoms with Crippen LogP contribution in [0.25, 0.3) is 0 Å². The summed E-state index contributed by atoms with van der Waals surface area (Å²) in [5.74, 6) is 0.127. The Morgan fingerprint density at radius 1 is 1.14 bits per heavy atom. The molecule has 5 nitrogen and oxygen atoms in total. The Balaban J connectivity index is 2.31. The van der Waals surface area contributed by atoms with Gasteiger partial charge in [-0.2, -0.15) is 0 Å². The molecule has 0 radical (unpaired) electrons. The first kappa shape index (κ1) is 17.2. The van der Waals surface area contributed by atoms with E-state index in [9.17, 15) is 9.59 Å². The number of rotatable bonds is 8. The van der Waals surface area contributed by atoms with Crippen LogP contribution in [-0.4, -0.2) is 30.1 Å². The van der Waals surface area contributed by atoms with Gasteiger partial charge in [0.2, 0.25) is 11.8 Å². The van der Waals surface area contributed by atoms with Crippen LogP contribution < -0.4 is 10.6 Å². The van der Waals surface area contributed by atoms with Crippen molar-refractivity contribution in [2.45, 2.75) is 33.1 Å². The van der Waals surface area contributed by atoms with Crippen molar-refractivity contribution in [2.24, 2.45) is 5.92 Å². The maximum absolute atomic E-state index is 11.7. The molecular weight excluding hydrogens is 268 g/mol. The zero-order chi connectivity index (χ0) is 15.7. The van der Waals surface area contributed by atoms with Crippen LogP contribution in [0.15, 0.2) is 24.3 Å². The molecule has 0 saturated carbocycles. The highest BCUT2D eigenvalue weighted by Crippen LogP contribution is 2.09. The van der Waals surface area contributed by atoms with E-state index < -0.39 is 0 Å². The monoisotopic (exact) mass is 292 g/mol. The summed E-state index contributed by atoms with van der Waals surface area (Å²) in [5, 5.41) is 14.1. The first-order valence-electron chi connectivity index (χ1n) is 7.27. The quantitative estimate of drug-likeness (QED) is 0.682. The topological polar surface area (TPSA) is 78.4 Å². The van der Waals surface area contributed by atoms with Crippen molar-refractivity contribution in [3.63, 3.8) is 0 Å². The van der Waals surface area contributed by atoms with Crippen LogP contribution in [-0.2, 0) is 16.0 Å². The van der Waals surface area contributed by atoms with Crippen LogP contribution in [0, 0.1) is 5.92 Å². The van der Waals surface area contributed by atoms with Gasteiger partial charge in [0.15, 0.2) is 0 Å². The molecule has 116 valence electrons. The van der Waals surface area contributed by atoms with Crippen LogP contribution in [0.5, 0.6) is 0 Å². The minimum Gasteiger partial charge on any atom is -0.396 e. The van der Waals surface area contributed by atoms with E-state index >= 15 is 0 Å². The predicted molar refractivity (Wildman–Crippen MR) is 82.9 cm³/mol. The van der Waals surface area contributed by atoms with Crippen molar-refractivity contribution in [1.29, 1.82) is 0 Å². The minimum absolute atomic E-state index is 0.0185. The SMILES string of the molecule is CC(C)CCC(=O)NCC(=O)Nc1ccc(CCO)cc1. The lowest BCUT2D eigenvalue weighted by atomic mass is 10.1. The molecule has 1 rings (SSSR count). The van der Waals surface area contributed by atoms with Crippen molar-refractivity contribution in [2.75, 3.05) is 18.5 Å². The molecule has 1 aromatic carbocycles. The summed E-state index contributed by atoms with van der Waals surface area (Å²) < 4.78 is 0. The van der Waals surface area contributed by atoms with Gasteiger partial charge < -0.3 is 15.7 Å². The van der Waals surface area contributed by atoms with E-state index in [0.29, 0.717) is 24.4 Å². The highest BCUT2D eigenvalue weighted by Gasteiger charge is 2.07. The van der Waals surface area contributed by atoms with Gasteiger partial charge in [0.05, 0.1) is 6.54 Å². The van der Waals surface area contributed by atoms with E-state index in [2.05, 4.69) is 24.5 Å². The standard InChI is InChI=1S/C16H24N2O3/c1-12(2)3-8-15(20)17-11-16(21)18-14-6-4-13(5-7-14)9-10-19/h4-7,12,19H,3,8-11H2,1-2H3,(H,17,20)(H,18,21). The van der Waals surface area contributed by atoms with Gasteiger partial charge in [-0.1, -0.05) is 26.0 Å². The lowest BCUT2D eigenvalue weighted by Crippen LogP contribution is -2.32. The third kappa shape index (κ3) is 7.46. The summed E-state index contributed by atoms with van der Waals surface area (Å²) in [6, 6.07) is 7.27. The Kier molecular flexibility index (Phi) is 7.46. The molecule has 0 aliphatic rings. The van der Waals surface area contributed by atoms with Crippen molar-refractivity contribution in [3.05, 3.63) is 29.8 Å². The normalized spacial score (nSPS) is 10.5. The van der Waals surface area contributed by atoms with E-state index in [-0.39, 0.29) is 25.0 Å². The summed E-state index contributed by atoms with van der Waals surface area (Å²) >= 11 is 0. The average Bonchev–Trinajstić information content (AvgIpc) is 2.45. The fourth-order valence-electron chi connectivity index (χ4n) is 1.78. The highest BCUT2D eigenvalue weighted by molar-refractivity contribution is 5.94. The van der Waals surface area contributed by atoms with E-state index in [1.807, 2.05) is 12.1 Å². The van der Waals surface area contributed by atoms with Crippen LogP contribution in [0.4, 0.5) is 5.69 Å².